The molecule has 0 saturated carbocycles. The van der Waals surface area contributed by atoms with Gasteiger partial charge < -0.3 is 4.98 Å². The summed E-state index contributed by atoms with van der Waals surface area (Å²) in [7, 11) is -3.79. The SMILES string of the molecule is Cc1cc2c(-c3ccc(F)cc3)c(S(C)(=O)=O)c(=O)[nH]c2cc1Br. The minimum Gasteiger partial charge on any atom is -0.321 e. The van der Waals surface area contributed by atoms with Crippen LogP contribution in [-0.2, 0) is 9.84 Å². The second-order valence-electron chi connectivity index (χ2n) is 5.58. The third-order valence-corrected chi connectivity index (χ3v) is 5.74. The van der Waals surface area contributed by atoms with E-state index in [9.17, 15) is 17.6 Å². The van der Waals surface area contributed by atoms with Gasteiger partial charge in [-0.2, -0.15) is 0 Å². The van der Waals surface area contributed by atoms with Gasteiger partial charge in [-0.3, -0.25) is 4.79 Å². The Labute approximate surface area is 146 Å². The smallest absolute Gasteiger partial charge is 0.267 e. The van der Waals surface area contributed by atoms with E-state index in [1.807, 2.05) is 6.92 Å². The molecule has 0 spiro atoms. The van der Waals surface area contributed by atoms with Crippen molar-refractivity contribution in [2.75, 3.05) is 6.26 Å². The van der Waals surface area contributed by atoms with Crippen molar-refractivity contribution in [2.45, 2.75) is 11.8 Å². The van der Waals surface area contributed by atoms with Crippen LogP contribution in [0.25, 0.3) is 22.0 Å². The van der Waals surface area contributed by atoms with Gasteiger partial charge in [0.25, 0.3) is 5.56 Å². The van der Waals surface area contributed by atoms with Crippen molar-refractivity contribution in [1.29, 1.82) is 0 Å². The molecule has 1 heterocycles. The predicted molar refractivity (Wildman–Crippen MR) is 95.5 cm³/mol. The van der Waals surface area contributed by atoms with Gasteiger partial charge in [0.1, 0.15) is 10.7 Å². The van der Waals surface area contributed by atoms with Crippen molar-refractivity contribution in [2.24, 2.45) is 0 Å². The van der Waals surface area contributed by atoms with Crippen molar-refractivity contribution in [1.82, 2.24) is 4.98 Å². The highest BCUT2D eigenvalue weighted by molar-refractivity contribution is 9.10. The number of hydrogen-bond donors (Lipinski definition) is 1. The third-order valence-electron chi connectivity index (χ3n) is 3.75. The second-order valence-corrected chi connectivity index (χ2v) is 8.39. The minimum atomic E-state index is -3.79. The zero-order chi connectivity index (χ0) is 17.6. The van der Waals surface area contributed by atoms with Crippen LogP contribution in [-0.4, -0.2) is 19.7 Å². The normalized spacial score (nSPS) is 11.8. The molecule has 7 heteroatoms. The second kappa shape index (κ2) is 5.82. The molecule has 0 aliphatic rings. The van der Waals surface area contributed by atoms with Crippen molar-refractivity contribution >= 4 is 36.7 Å². The minimum absolute atomic E-state index is 0.284. The number of fused-ring (bicyclic) bond motifs is 1. The quantitative estimate of drug-likeness (QED) is 0.699. The summed E-state index contributed by atoms with van der Waals surface area (Å²) in [6.07, 6.45) is 0.988. The predicted octanol–water partition coefficient (Wildman–Crippen LogP) is 3.81. The molecule has 0 radical (unpaired) electrons. The van der Waals surface area contributed by atoms with Crippen molar-refractivity contribution in [3.8, 4) is 11.1 Å². The Balaban J connectivity index is 2.57. The first-order chi connectivity index (χ1) is 11.2. The number of pyridine rings is 1. The van der Waals surface area contributed by atoms with Gasteiger partial charge in [0.15, 0.2) is 9.84 Å². The summed E-state index contributed by atoms with van der Waals surface area (Å²) in [5.74, 6) is -0.437. The Bertz CT molecular complexity index is 1120. The Morgan fingerprint density at radius 3 is 2.33 bits per heavy atom. The van der Waals surface area contributed by atoms with E-state index >= 15 is 0 Å². The van der Waals surface area contributed by atoms with E-state index in [0.717, 1.165) is 16.3 Å². The fourth-order valence-corrected chi connectivity index (χ4v) is 3.99. The molecule has 124 valence electrons. The van der Waals surface area contributed by atoms with Gasteiger partial charge in [-0.25, -0.2) is 12.8 Å². The van der Waals surface area contributed by atoms with Crippen molar-refractivity contribution in [3.63, 3.8) is 0 Å². The first-order valence-electron chi connectivity index (χ1n) is 7.00. The maximum Gasteiger partial charge on any atom is 0.267 e. The summed E-state index contributed by atoms with van der Waals surface area (Å²) in [5, 5.41) is 0.585. The molecule has 0 atom stereocenters. The lowest BCUT2D eigenvalue weighted by atomic mass is 10.00. The monoisotopic (exact) mass is 409 g/mol. The molecule has 3 aromatic rings. The summed E-state index contributed by atoms with van der Waals surface area (Å²) in [6, 6.07) is 8.93. The Morgan fingerprint density at radius 2 is 1.75 bits per heavy atom. The van der Waals surface area contributed by atoms with Gasteiger partial charge in [0, 0.05) is 21.7 Å². The maximum atomic E-state index is 13.3. The molecule has 3 rings (SSSR count). The highest BCUT2D eigenvalue weighted by atomic mass is 79.9. The Morgan fingerprint density at radius 1 is 1.12 bits per heavy atom. The molecule has 1 N–H and O–H groups in total. The van der Waals surface area contributed by atoms with E-state index in [4.69, 9.17) is 0 Å². The number of aromatic nitrogens is 1. The molecule has 0 aliphatic heterocycles. The summed E-state index contributed by atoms with van der Waals surface area (Å²) in [5.41, 5.74) is 1.45. The molecule has 4 nitrogen and oxygen atoms in total. The molecule has 0 bridgehead atoms. The Kier molecular flexibility index (Phi) is 4.09. The van der Waals surface area contributed by atoms with Crippen LogP contribution in [0.5, 0.6) is 0 Å². The summed E-state index contributed by atoms with van der Waals surface area (Å²) in [4.78, 5) is 14.7. The molecule has 2 aromatic carbocycles. The highest BCUT2D eigenvalue weighted by Gasteiger charge is 2.23. The molecule has 24 heavy (non-hydrogen) atoms. The zero-order valence-electron chi connectivity index (χ0n) is 12.9. The van der Waals surface area contributed by atoms with E-state index in [2.05, 4.69) is 20.9 Å². The number of aryl methyl sites for hydroxylation is 1. The van der Waals surface area contributed by atoms with Gasteiger partial charge in [-0.15, -0.1) is 0 Å². The molecule has 0 aliphatic carbocycles. The number of H-pyrrole nitrogens is 1. The van der Waals surface area contributed by atoms with Crippen LogP contribution in [0.3, 0.4) is 0 Å². The van der Waals surface area contributed by atoms with Crippen LogP contribution in [0, 0.1) is 12.7 Å². The molecular formula is C17H13BrFNO3S. The fraction of sp³-hybridized carbons (Fsp3) is 0.118. The standard InChI is InChI=1S/C17H13BrFNO3S/c1-9-7-12-14(8-13(9)18)20-17(21)16(24(2,22)23)15(12)10-3-5-11(19)6-4-10/h3-8H,1-2H3,(H,20,21). The van der Waals surface area contributed by atoms with E-state index in [-0.39, 0.29) is 10.5 Å². The molecule has 1 aromatic heterocycles. The highest BCUT2D eigenvalue weighted by Crippen LogP contribution is 2.34. The number of hydrogen-bond acceptors (Lipinski definition) is 3. The van der Waals surface area contributed by atoms with Gasteiger partial charge in [-0.1, -0.05) is 28.1 Å². The van der Waals surface area contributed by atoms with Gasteiger partial charge in [-0.05, 0) is 42.3 Å². The largest absolute Gasteiger partial charge is 0.321 e. The molecule has 0 saturated heterocycles. The summed E-state index contributed by atoms with van der Waals surface area (Å²) >= 11 is 3.40. The van der Waals surface area contributed by atoms with Crippen LogP contribution in [0.1, 0.15) is 5.56 Å². The number of rotatable bonds is 2. The molecule has 0 amide bonds. The fourth-order valence-electron chi connectivity index (χ4n) is 2.66. The lowest BCUT2D eigenvalue weighted by molar-refractivity contribution is 0.601. The first-order valence-corrected chi connectivity index (χ1v) is 9.69. The van der Waals surface area contributed by atoms with Crippen molar-refractivity contribution in [3.05, 3.63) is 62.6 Å². The molecular weight excluding hydrogens is 397 g/mol. The van der Waals surface area contributed by atoms with Crippen LogP contribution in [0.2, 0.25) is 0 Å². The van der Waals surface area contributed by atoms with Crippen LogP contribution >= 0.6 is 15.9 Å². The van der Waals surface area contributed by atoms with Gasteiger partial charge >= 0.3 is 0 Å². The molecule has 0 fully saturated rings. The average molecular weight is 410 g/mol. The van der Waals surface area contributed by atoms with Crippen LogP contribution in [0.15, 0.2) is 50.6 Å². The lowest BCUT2D eigenvalue weighted by Crippen LogP contribution is -2.18. The van der Waals surface area contributed by atoms with Crippen LogP contribution in [0.4, 0.5) is 4.39 Å². The summed E-state index contributed by atoms with van der Waals surface area (Å²) < 4.78 is 38.5. The van der Waals surface area contributed by atoms with Gasteiger partial charge in [0.2, 0.25) is 0 Å². The topological polar surface area (TPSA) is 67.0 Å². The van der Waals surface area contributed by atoms with Gasteiger partial charge in [0.05, 0.1) is 5.52 Å². The van der Waals surface area contributed by atoms with E-state index in [0.29, 0.717) is 16.5 Å². The number of benzene rings is 2. The van der Waals surface area contributed by atoms with E-state index < -0.39 is 21.2 Å². The van der Waals surface area contributed by atoms with Crippen LogP contribution < -0.4 is 5.56 Å². The third kappa shape index (κ3) is 2.89. The summed E-state index contributed by atoms with van der Waals surface area (Å²) in [6.45, 7) is 1.86. The maximum absolute atomic E-state index is 13.3. The van der Waals surface area contributed by atoms with Crippen molar-refractivity contribution < 1.29 is 12.8 Å². The average Bonchev–Trinajstić information content (AvgIpc) is 2.47. The van der Waals surface area contributed by atoms with E-state index in [1.54, 1.807) is 12.1 Å². The lowest BCUT2D eigenvalue weighted by Gasteiger charge is -2.13. The number of halogens is 2. The number of aromatic amines is 1. The zero-order valence-corrected chi connectivity index (χ0v) is 15.3. The van der Waals surface area contributed by atoms with E-state index in [1.165, 1.54) is 24.3 Å². The molecule has 0 unspecified atom stereocenters. The number of nitrogens with one attached hydrogen (secondary N) is 1. The Hall–Kier alpha value is -1.99. The first kappa shape index (κ1) is 16.9. The number of sulfone groups is 1.